The molecule has 2 heterocycles. The topological polar surface area (TPSA) is 163 Å². The molecule has 1 aromatic rings. The zero-order valence-electron chi connectivity index (χ0n) is 24.4. The van der Waals surface area contributed by atoms with Crippen LogP contribution in [0, 0.1) is 5.92 Å². The predicted molar refractivity (Wildman–Crippen MR) is 156 cm³/mol. The molecule has 4 amide bonds. The van der Waals surface area contributed by atoms with Gasteiger partial charge in [0.1, 0.15) is 23.2 Å². The van der Waals surface area contributed by atoms with E-state index < -0.39 is 57.3 Å². The Morgan fingerprint density at radius 2 is 1.79 bits per heavy atom. The molecule has 1 saturated heterocycles. The van der Waals surface area contributed by atoms with Crippen molar-refractivity contribution in [2.75, 3.05) is 11.3 Å². The maximum absolute atomic E-state index is 13.7. The number of benzene rings is 1. The van der Waals surface area contributed by atoms with Crippen LogP contribution in [-0.4, -0.2) is 66.9 Å². The zero-order valence-corrected chi connectivity index (χ0v) is 25.2. The summed E-state index contributed by atoms with van der Waals surface area (Å²) in [5, 5.41) is 5.50. The van der Waals surface area contributed by atoms with Crippen LogP contribution in [0.1, 0.15) is 72.1 Å². The highest BCUT2D eigenvalue weighted by Gasteiger charge is 2.61. The lowest BCUT2D eigenvalue weighted by atomic mass is 10.0. The van der Waals surface area contributed by atoms with Crippen molar-refractivity contribution >= 4 is 39.7 Å². The Kier molecular flexibility index (Phi) is 9.49. The Balaban J connectivity index is 1.53. The van der Waals surface area contributed by atoms with Crippen molar-refractivity contribution in [3.63, 3.8) is 0 Å². The number of rotatable bonds is 5. The fraction of sp³-hybridized carbons (Fsp3) is 0.586. The number of fused-ring (bicyclic) bond motifs is 2. The Hall–Kier alpha value is -3.61. The summed E-state index contributed by atoms with van der Waals surface area (Å²) in [6.07, 6.45) is 7.68. The van der Waals surface area contributed by atoms with Crippen molar-refractivity contribution < 1.29 is 32.3 Å². The molecule has 0 radical (unpaired) electrons. The first-order valence-electron chi connectivity index (χ1n) is 14.5. The highest BCUT2D eigenvalue weighted by molar-refractivity contribution is 7.91. The van der Waals surface area contributed by atoms with Gasteiger partial charge in [0, 0.05) is 12.5 Å². The molecule has 1 aromatic carbocycles. The normalized spacial score (nSPS) is 27.7. The summed E-state index contributed by atoms with van der Waals surface area (Å²) in [6, 6.07) is 6.41. The molecule has 2 aliphatic heterocycles. The summed E-state index contributed by atoms with van der Waals surface area (Å²) in [5.41, 5.74) is -1.93. The minimum atomic E-state index is -4.28. The first-order valence-corrected chi connectivity index (χ1v) is 16.0. The van der Waals surface area contributed by atoms with Crippen LogP contribution in [0.25, 0.3) is 0 Å². The van der Waals surface area contributed by atoms with Gasteiger partial charge < -0.3 is 20.3 Å². The van der Waals surface area contributed by atoms with Crippen LogP contribution in [0.3, 0.4) is 0 Å². The van der Waals surface area contributed by atoms with Crippen LogP contribution >= 0.6 is 0 Å². The van der Waals surface area contributed by atoms with Crippen molar-refractivity contribution in [1.29, 1.82) is 0 Å². The second-order valence-electron chi connectivity index (χ2n) is 12.1. The van der Waals surface area contributed by atoms with Crippen molar-refractivity contribution in [1.82, 2.24) is 20.3 Å². The van der Waals surface area contributed by atoms with Crippen LogP contribution in [0.2, 0.25) is 0 Å². The van der Waals surface area contributed by atoms with E-state index in [9.17, 15) is 27.6 Å². The van der Waals surface area contributed by atoms with Crippen molar-refractivity contribution in [2.45, 2.75) is 95.4 Å². The number of ether oxygens (including phenoxy) is 1. The second kappa shape index (κ2) is 12.7. The monoisotopic (exact) mass is 603 g/mol. The van der Waals surface area contributed by atoms with E-state index in [1.807, 2.05) is 12.2 Å². The van der Waals surface area contributed by atoms with Crippen LogP contribution in [0.5, 0.6) is 0 Å². The molecular weight excluding hydrogens is 562 g/mol. The van der Waals surface area contributed by atoms with Crippen LogP contribution in [0.4, 0.5) is 10.5 Å². The number of hydrogen-bond donors (Lipinski definition) is 4. The molecule has 4 unspecified atom stereocenters. The van der Waals surface area contributed by atoms with E-state index in [4.69, 9.17) is 4.74 Å². The first-order chi connectivity index (χ1) is 19.8. The summed E-state index contributed by atoms with van der Waals surface area (Å²) in [7, 11) is -4.28. The first kappa shape index (κ1) is 31.3. The van der Waals surface area contributed by atoms with Gasteiger partial charge in [-0.25, -0.2) is 9.52 Å². The molecular formula is C29H41N5O7S. The minimum Gasteiger partial charge on any atom is -0.444 e. The third-order valence-electron chi connectivity index (χ3n) is 7.58. The molecule has 3 aliphatic rings. The average Bonchev–Trinajstić information content (AvgIpc) is 3.35. The number of carbonyl (C=O) groups is 4. The molecule has 2 fully saturated rings. The lowest BCUT2D eigenvalue weighted by Crippen LogP contribution is -2.58. The van der Waals surface area contributed by atoms with E-state index in [2.05, 4.69) is 20.1 Å². The van der Waals surface area contributed by atoms with E-state index in [1.165, 1.54) is 4.90 Å². The summed E-state index contributed by atoms with van der Waals surface area (Å²) < 4.78 is 35.3. The summed E-state index contributed by atoms with van der Waals surface area (Å²) in [5.74, 6) is -2.16. The molecule has 0 aromatic heterocycles. The quantitative estimate of drug-likeness (QED) is 0.376. The largest absolute Gasteiger partial charge is 0.444 e. The maximum atomic E-state index is 13.7. The fourth-order valence-corrected chi connectivity index (χ4v) is 6.37. The van der Waals surface area contributed by atoms with Gasteiger partial charge in [-0.2, -0.15) is 8.42 Å². The molecule has 4 rings (SSSR count). The second-order valence-corrected chi connectivity index (χ2v) is 13.5. The number of allylic oxidation sites excluding steroid dienone is 1. The molecule has 4 atom stereocenters. The Bertz CT molecular complexity index is 1310. The van der Waals surface area contributed by atoms with Gasteiger partial charge in [0.15, 0.2) is 0 Å². The Morgan fingerprint density at radius 1 is 1.05 bits per heavy atom. The van der Waals surface area contributed by atoms with Gasteiger partial charge in [-0.05, 0) is 71.4 Å². The van der Waals surface area contributed by atoms with Gasteiger partial charge in [0.2, 0.25) is 11.8 Å². The van der Waals surface area contributed by atoms with Crippen LogP contribution in [0.15, 0.2) is 42.5 Å². The average molecular weight is 604 g/mol. The van der Waals surface area contributed by atoms with Gasteiger partial charge in [-0.1, -0.05) is 43.2 Å². The number of alkyl carbamates (subject to hydrolysis) is 1. The van der Waals surface area contributed by atoms with E-state index in [0.29, 0.717) is 38.6 Å². The SMILES string of the molecule is CC(C)(C)OC(=O)NC1CCCCC/C=C\C2CC2(C(=O)NS(=O)(=O)Nc2ccccc2)NC(=O)C2CCCN2C1=O. The lowest BCUT2D eigenvalue weighted by Gasteiger charge is -2.30. The number of nitrogens with zero attached hydrogens (tertiary/aromatic N) is 1. The molecule has 0 bridgehead atoms. The summed E-state index contributed by atoms with van der Waals surface area (Å²) in [4.78, 5) is 54.7. The highest BCUT2D eigenvalue weighted by atomic mass is 32.2. The van der Waals surface area contributed by atoms with Crippen LogP contribution < -0.4 is 20.1 Å². The van der Waals surface area contributed by atoms with Gasteiger partial charge in [-0.15, -0.1) is 0 Å². The number of hydrogen-bond acceptors (Lipinski definition) is 7. The molecule has 1 aliphatic carbocycles. The zero-order chi connectivity index (χ0) is 30.5. The number of para-hydroxylation sites is 1. The van der Waals surface area contributed by atoms with Gasteiger partial charge in [0.05, 0.1) is 5.69 Å². The number of carbonyl (C=O) groups excluding carboxylic acids is 4. The molecule has 42 heavy (non-hydrogen) atoms. The Morgan fingerprint density at radius 3 is 2.50 bits per heavy atom. The van der Waals surface area contributed by atoms with Crippen molar-refractivity contribution in [2.24, 2.45) is 5.92 Å². The molecule has 1 saturated carbocycles. The standard InChI is InChI=1S/C29H41N5O7S/c1-28(2,3)41-27(38)30-22-16-11-6-4-5-8-13-20-19-29(20,31-24(35)23-17-12-18-34(23)25(22)36)26(37)33-42(39,40)32-21-14-9-7-10-15-21/h7-10,13-15,20,22-23,32H,4-6,11-12,16-19H2,1-3H3,(H,30,38)(H,31,35)(H,33,37)/b13-8-. The third-order valence-corrected chi connectivity index (χ3v) is 8.54. The molecule has 13 heteroatoms. The van der Waals surface area contributed by atoms with E-state index in [0.717, 1.165) is 12.8 Å². The molecule has 4 N–H and O–H groups in total. The molecule has 12 nitrogen and oxygen atoms in total. The van der Waals surface area contributed by atoms with Gasteiger partial charge >= 0.3 is 16.3 Å². The molecule has 230 valence electrons. The maximum Gasteiger partial charge on any atom is 0.408 e. The predicted octanol–water partition coefficient (Wildman–Crippen LogP) is 2.74. The van der Waals surface area contributed by atoms with E-state index >= 15 is 0 Å². The minimum absolute atomic E-state index is 0.228. The lowest BCUT2D eigenvalue weighted by molar-refractivity contribution is -0.141. The highest BCUT2D eigenvalue weighted by Crippen LogP contribution is 2.45. The third kappa shape index (κ3) is 8.02. The van der Waals surface area contributed by atoms with Crippen LogP contribution in [-0.2, 0) is 29.3 Å². The smallest absolute Gasteiger partial charge is 0.408 e. The van der Waals surface area contributed by atoms with Crippen molar-refractivity contribution in [3.8, 4) is 0 Å². The van der Waals surface area contributed by atoms with Gasteiger partial charge in [-0.3, -0.25) is 19.1 Å². The summed E-state index contributed by atoms with van der Waals surface area (Å²) in [6.45, 7) is 5.53. The molecule has 0 spiro atoms. The number of nitrogens with one attached hydrogen (secondary N) is 4. The number of anilines is 1. The fourth-order valence-electron chi connectivity index (χ4n) is 5.44. The van der Waals surface area contributed by atoms with E-state index in [1.54, 1.807) is 51.1 Å². The number of amides is 4. The summed E-state index contributed by atoms with van der Waals surface area (Å²) >= 11 is 0. The van der Waals surface area contributed by atoms with Crippen molar-refractivity contribution in [3.05, 3.63) is 42.5 Å². The van der Waals surface area contributed by atoms with E-state index in [-0.39, 0.29) is 18.0 Å². The van der Waals surface area contributed by atoms with Gasteiger partial charge in [0.25, 0.3) is 5.91 Å². The Labute approximate surface area is 247 Å².